The molecule has 1 aliphatic rings. The van der Waals surface area contributed by atoms with Crippen molar-refractivity contribution < 1.29 is 5.11 Å². The number of benzene rings is 1. The van der Waals surface area contributed by atoms with E-state index in [0.717, 1.165) is 0 Å². The molecule has 0 aliphatic carbocycles. The van der Waals surface area contributed by atoms with Crippen LogP contribution in [0.2, 0.25) is 0 Å². The Morgan fingerprint density at radius 2 is 1.81 bits per heavy atom. The summed E-state index contributed by atoms with van der Waals surface area (Å²) in [5, 5.41) is 7.57. The largest absolute Gasteiger partial charge is 0.397 e. The predicted molar refractivity (Wildman–Crippen MR) is 69.8 cm³/mol. The van der Waals surface area contributed by atoms with Crippen LogP contribution in [-0.4, -0.2) is 18.8 Å². The van der Waals surface area contributed by atoms with E-state index < -0.39 is 0 Å². The average molecular weight is 219 g/mol. The Hall–Kier alpha value is -1.28. The zero-order valence-corrected chi connectivity index (χ0v) is 10.6. The van der Waals surface area contributed by atoms with Crippen molar-refractivity contribution in [3.05, 3.63) is 42.1 Å². The van der Waals surface area contributed by atoms with Crippen LogP contribution in [0, 0.1) is 0 Å². The third-order valence-electron chi connectivity index (χ3n) is 3.07. The third-order valence-corrected chi connectivity index (χ3v) is 3.07. The number of nitrogens with zero attached hydrogens (tertiary/aromatic N) is 1. The molecule has 1 aromatic rings. The molecule has 1 heterocycles. The highest BCUT2D eigenvalue weighted by Gasteiger charge is 2.36. The van der Waals surface area contributed by atoms with Gasteiger partial charge in [0.05, 0.1) is 0 Å². The van der Waals surface area contributed by atoms with E-state index in [9.17, 15) is 0 Å². The number of hydrogen-bond acceptors (Lipinski definition) is 2. The second-order valence-corrected chi connectivity index (χ2v) is 4.46. The number of para-hydroxylation sites is 1. The normalized spacial score (nSPS) is 16.6. The Bertz CT molecular complexity index is 382. The first-order valence-corrected chi connectivity index (χ1v) is 5.60. The van der Waals surface area contributed by atoms with Gasteiger partial charge in [0.25, 0.3) is 0 Å². The van der Waals surface area contributed by atoms with Crippen molar-refractivity contribution in [1.29, 1.82) is 0 Å². The van der Waals surface area contributed by atoms with Gasteiger partial charge in [0.2, 0.25) is 0 Å². The fraction of sp³-hybridized carbons (Fsp3) is 0.429. The SMILES string of the molecule is C=C1N(C)c2ccccc2C1(C)C.CCO. The van der Waals surface area contributed by atoms with Crippen LogP contribution in [0.15, 0.2) is 36.5 Å². The molecule has 0 amide bonds. The highest BCUT2D eigenvalue weighted by Crippen LogP contribution is 2.45. The molecule has 0 atom stereocenters. The molecule has 2 heteroatoms. The van der Waals surface area contributed by atoms with Gasteiger partial charge in [0, 0.05) is 30.5 Å². The van der Waals surface area contributed by atoms with Crippen LogP contribution in [-0.2, 0) is 5.41 Å². The van der Waals surface area contributed by atoms with Crippen LogP contribution < -0.4 is 4.90 Å². The molecule has 16 heavy (non-hydrogen) atoms. The van der Waals surface area contributed by atoms with Crippen LogP contribution in [0.25, 0.3) is 0 Å². The van der Waals surface area contributed by atoms with E-state index >= 15 is 0 Å². The number of allylic oxidation sites excluding steroid dienone is 1. The fourth-order valence-electron chi connectivity index (χ4n) is 2.01. The van der Waals surface area contributed by atoms with Crippen molar-refractivity contribution in [2.45, 2.75) is 26.2 Å². The Morgan fingerprint density at radius 3 is 2.31 bits per heavy atom. The molecule has 0 saturated carbocycles. The number of likely N-dealkylation sites (N-methyl/N-ethyl adjacent to an activating group) is 1. The molecule has 0 aromatic heterocycles. The molecule has 0 spiro atoms. The third kappa shape index (κ3) is 1.98. The molecule has 1 N–H and O–H groups in total. The lowest BCUT2D eigenvalue weighted by Gasteiger charge is -2.22. The molecular formula is C14H21NO. The molecule has 1 aliphatic heterocycles. The first-order chi connectivity index (χ1) is 7.46. The summed E-state index contributed by atoms with van der Waals surface area (Å²) in [4.78, 5) is 2.18. The fourth-order valence-corrected chi connectivity index (χ4v) is 2.01. The Kier molecular flexibility index (Phi) is 3.76. The van der Waals surface area contributed by atoms with E-state index in [0.29, 0.717) is 0 Å². The second-order valence-electron chi connectivity index (χ2n) is 4.46. The summed E-state index contributed by atoms with van der Waals surface area (Å²) >= 11 is 0. The van der Waals surface area contributed by atoms with E-state index in [2.05, 4.69) is 56.6 Å². The van der Waals surface area contributed by atoms with Gasteiger partial charge in [-0.1, -0.05) is 38.6 Å². The number of aliphatic hydroxyl groups excluding tert-OH is 1. The number of fused-ring (bicyclic) bond motifs is 1. The molecule has 0 fully saturated rings. The minimum atomic E-state index is 0.0886. The van der Waals surface area contributed by atoms with Crippen LogP contribution in [0.5, 0.6) is 0 Å². The number of hydrogen-bond donors (Lipinski definition) is 1. The molecule has 0 radical (unpaired) electrons. The molecule has 2 rings (SSSR count). The molecule has 88 valence electrons. The van der Waals surface area contributed by atoms with E-state index in [1.807, 2.05) is 0 Å². The summed E-state index contributed by atoms with van der Waals surface area (Å²) in [6.07, 6.45) is 0. The van der Waals surface area contributed by atoms with Crippen molar-refractivity contribution in [1.82, 2.24) is 0 Å². The molecule has 2 nitrogen and oxygen atoms in total. The van der Waals surface area contributed by atoms with Crippen molar-refractivity contribution in [2.75, 3.05) is 18.6 Å². The van der Waals surface area contributed by atoms with Crippen molar-refractivity contribution in [2.24, 2.45) is 0 Å². The van der Waals surface area contributed by atoms with Gasteiger partial charge in [-0.2, -0.15) is 0 Å². The monoisotopic (exact) mass is 219 g/mol. The minimum absolute atomic E-state index is 0.0886. The summed E-state index contributed by atoms with van der Waals surface area (Å²) < 4.78 is 0. The van der Waals surface area contributed by atoms with Crippen LogP contribution in [0.4, 0.5) is 5.69 Å². The average Bonchev–Trinajstić information content (AvgIpc) is 2.43. The lowest BCUT2D eigenvalue weighted by Crippen LogP contribution is -2.21. The van der Waals surface area contributed by atoms with E-state index in [1.54, 1.807) is 6.92 Å². The highest BCUT2D eigenvalue weighted by atomic mass is 16.2. The zero-order chi connectivity index (χ0) is 12.3. The van der Waals surface area contributed by atoms with Gasteiger partial charge < -0.3 is 10.0 Å². The molecule has 1 aromatic carbocycles. The molecule has 0 unspecified atom stereocenters. The number of rotatable bonds is 0. The van der Waals surface area contributed by atoms with E-state index in [-0.39, 0.29) is 12.0 Å². The van der Waals surface area contributed by atoms with E-state index in [4.69, 9.17) is 5.11 Å². The van der Waals surface area contributed by atoms with Gasteiger partial charge in [0.1, 0.15) is 0 Å². The lowest BCUT2D eigenvalue weighted by atomic mass is 9.85. The van der Waals surface area contributed by atoms with Gasteiger partial charge in [-0.25, -0.2) is 0 Å². The maximum Gasteiger partial charge on any atom is 0.0447 e. The zero-order valence-electron chi connectivity index (χ0n) is 10.6. The molecule has 0 bridgehead atoms. The van der Waals surface area contributed by atoms with Gasteiger partial charge >= 0.3 is 0 Å². The first kappa shape index (κ1) is 12.8. The van der Waals surface area contributed by atoms with Gasteiger partial charge in [-0.3, -0.25) is 0 Å². The summed E-state index contributed by atoms with van der Waals surface area (Å²) in [6.45, 7) is 10.5. The van der Waals surface area contributed by atoms with E-state index in [1.165, 1.54) is 16.9 Å². The van der Waals surface area contributed by atoms with Crippen LogP contribution in [0.3, 0.4) is 0 Å². The predicted octanol–water partition coefficient (Wildman–Crippen LogP) is 2.93. The molecular weight excluding hydrogens is 198 g/mol. The number of aliphatic hydroxyl groups is 1. The van der Waals surface area contributed by atoms with Crippen LogP contribution in [0.1, 0.15) is 26.3 Å². The van der Waals surface area contributed by atoms with Gasteiger partial charge in [-0.15, -0.1) is 0 Å². The summed E-state index contributed by atoms with van der Waals surface area (Å²) in [5.74, 6) is 0. The van der Waals surface area contributed by atoms with Gasteiger partial charge in [-0.05, 0) is 18.6 Å². The summed E-state index contributed by atoms with van der Waals surface area (Å²) in [6, 6.07) is 8.50. The quantitative estimate of drug-likeness (QED) is 0.725. The minimum Gasteiger partial charge on any atom is -0.397 e. The van der Waals surface area contributed by atoms with Crippen molar-refractivity contribution in [3.8, 4) is 0 Å². The standard InChI is InChI=1S/C12H15N.C2H6O/c1-9-12(2,3)10-7-5-6-8-11(10)13(9)4;1-2-3/h5-8H,1H2,2-4H3;3H,2H2,1H3. The van der Waals surface area contributed by atoms with Gasteiger partial charge in [0.15, 0.2) is 0 Å². The first-order valence-electron chi connectivity index (χ1n) is 5.60. The molecule has 0 saturated heterocycles. The second kappa shape index (κ2) is 4.71. The maximum absolute atomic E-state index is 7.57. The maximum atomic E-state index is 7.57. The van der Waals surface area contributed by atoms with Crippen molar-refractivity contribution >= 4 is 5.69 Å². The summed E-state index contributed by atoms with van der Waals surface area (Å²) in [7, 11) is 2.08. The Labute approximate surface area is 98.2 Å². The highest BCUT2D eigenvalue weighted by molar-refractivity contribution is 5.69. The van der Waals surface area contributed by atoms with Crippen molar-refractivity contribution in [3.63, 3.8) is 0 Å². The number of anilines is 1. The van der Waals surface area contributed by atoms with Crippen LogP contribution >= 0.6 is 0 Å². The Morgan fingerprint density at radius 1 is 1.31 bits per heavy atom. The Balaban J connectivity index is 0.000000386. The summed E-state index contributed by atoms with van der Waals surface area (Å²) in [5.41, 5.74) is 3.93. The topological polar surface area (TPSA) is 23.5 Å². The smallest absolute Gasteiger partial charge is 0.0447 e. The lowest BCUT2D eigenvalue weighted by molar-refractivity contribution is 0.318.